The van der Waals surface area contributed by atoms with E-state index in [1.165, 1.54) is 0 Å². The van der Waals surface area contributed by atoms with Crippen molar-refractivity contribution in [1.82, 2.24) is 15.2 Å². The molecule has 1 saturated heterocycles. The Balaban J connectivity index is 2.43. The quantitative estimate of drug-likeness (QED) is 0.887. The molecule has 1 amide bonds. The summed E-state index contributed by atoms with van der Waals surface area (Å²) in [5.74, 6) is 0. The lowest BCUT2D eigenvalue weighted by Gasteiger charge is -2.09. The molecule has 0 spiro atoms. The van der Waals surface area contributed by atoms with Crippen molar-refractivity contribution in [2.75, 3.05) is 27.0 Å². The van der Waals surface area contributed by atoms with Crippen LogP contribution in [0.2, 0.25) is 2.82 Å². The average molecular weight is 306 g/mol. The van der Waals surface area contributed by atoms with E-state index >= 15 is 0 Å². The Kier molecular flexibility index (Phi) is 1.06. The molecule has 2 aromatic rings. The fourth-order valence-electron chi connectivity index (χ4n) is 1.63. The molecule has 2 N–H and O–H groups in total. The lowest BCUT2D eigenvalue weighted by atomic mass is 10.0. The molecule has 1 aliphatic rings. The van der Waals surface area contributed by atoms with Gasteiger partial charge in [-0.05, 0) is 49.9 Å². The zero-order chi connectivity index (χ0) is 31.3. The summed E-state index contributed by atoms with van der Waals surface area (Å²) >= 11 is 0. The molecule has 3 rings (SSSR count). The van der Waals surface area contributed by atoms with Gasteiger partial charge in [0.2, 0.25) is 0 Å². The molecule has 5 nitrogen and oxygen atoms in total. The number of cyclic esters (lactones) is 1. The molecule has 112 valence electrons. The second kappa shape index (κ2) is 5.77. The second-order valence-electron chi connectivity index (χ2n) is 3.88. The molecule has 1 atom stereocenters. The maximum Gasteiger partial charge on any atom is 0.407 e. The predicted octanol–water partition coefficient (Wildman–Crippen LogP) is 1.92. The minimum Gasteiger partial charge on any atom is -0.447 e. The first-order valence-electron chi connectivity index (χ1n) is 15.0. The van der Waals surface area contributed by atoms with E-state index in [9.17, 15) is 4.79 Å². The highest BCUT2D eigenvalue weighted by molar-refractivity contribution is 5.84. The number of likely N-dealkylation sites (N-methyl/N-ethyl adjacent to an activating group) is 1. The summed E-state index contributed by atoms with van der Waals surface area (Å²) in [7, 11) is 0. The third-order valence-corrected chi connectivity index (χ3v) is 2.46. The van der Waals surface area contributed by atoms with E-state index in [0.717, 1.165) is 0 Å². The van der Waals surface area contributed by atoms with Gasteiger partial charge >= 0.3 is 6.09 Å². The van der Waals surface area contributed by atoms with Crippen LogP contribution in [0.1, 0.15) is 34.4 Å². The number of ether oxygens (including phenoxy) is 1. The van der Waals surface area contributed by atoms with E-state index in [0.29, 0.717) is 6.20 Å². The Bertz CT molecular complexity index is 1350. The first kappa shape index (κ1) is 3.84. The van der Waals surface area contributed by atoms with Crippen molar-refractivity contribution in [3.8, 4) is 0 Å². The van der Waals surface area contributed by atoms with Crippen LogP contribution >= 0.6 is 0 Å². The van der Waals surface area contributed by atoms with Gasteiger partial charge in [-0.2, -0.15) is 0 Å². The maximum atomic E-state index is 11.8. The van der Waals surface area contributed by atoms with Crippen molar-refractivity contribution in [1.29, 1.82) is 0 Å². The Morgan fingerprint density at radius 1 is 1.67 bits per heavy atom. The van der Waals surface area contributed by atoms with Crippen LogP contribution in [0.15, 0.2) is 24.3 Å². The number of rotatable bonds is 5. The lowest BCUT2D eigenvalue weighted by Crippen LogP contribution is -2.28. The van der Waals surface area contributed by atoms with Gasteiger partial charge < -0.3 is 19.9 Å². The summed E-state index contributed by atoms with van der Waals surface area (Å²) in [6, 6.07) is -5.77. The third kappa shape index (κ3) is 3.19. The number of aromatic nitrogens is 1. The number of aromatic amines is 1. The van der Waals surface area contributed by atoms with E-state index in [1.54, 1.807) is 0 Å². The zero-order valence-corrected chi connectivity index (χ0v) is 10.3. The topological polar surface area (TPSA) is 57.4 Å². The number of amides is 1. The monoisotopic (exact) mass is 306 g/mol. The van der Waals surface area contributed by atoms with Gasteiger partial charge in [-0.15, -0.1) is 0 Å². The minimum absolute atomic E-state index is 0.217. The molecule has 21 heavy (non-hydrogen) atoms. The molecule has 0 unspecified atom stereocenters. The largest absolute Gasteiger partial charge is 0.447 e. The van der Waals surface area contributed by atoms with Crippen LogP contribution in [0.4, 0.5) is 4.79 Å². The van der Waals surface area contributed by atoms with Gasteiger partial charge in [0.05, 0.1) is 12.9 Å². The highest BCUT2D eigenvalue weighted by Gasteiger charge is 2.22. The van der Waals surface area contributed by atoms with Gasteiger partial charge in [-0.3, -0.25) is 0 Å². The van der Waals surface area contributed by atoms with Crippen molar-refractivity contribution in [2.24, 2.45) is 0 Å². The van der Waals surface area contributed by atoms with Crippen molar-refractivity contribution >= 4 is 17.0 Å². The van der Waals surface area contributed by atoms with E-state index in [4.69, 9.17) is 26.1 Å². The highest BCUT2D eigenvalue weighted by atomic mass is 16.6. The summed E-state index contributed by atoms with van der Waals surface area (Å²) in [6.45, 7) is -14.6. The van der Waals surface area contributed by atoms with Gasteiger partial charge in [0, 0.05) is 40.0 Å². The SMILES string of the molecule is [2H]c1c(C([2H])([2H])[C@@H]2N([2H])C(=O)OC2([2H])[2H])c([2H])c2c(C([2H])([2H])C([2H])([2H])N(C([2H])([2H])[2H])C([2H])([2H])[2H])cn([2H])c2c1[2H]. The van der Waals surface area contributed by atoms with Crippen molar-refractivity contribution in [3.05, 3.63) is 35.5 Å². The number of alkyl carbamates (subject to hydrolysis) is 1. The number of carbonyl (C=O) groups excluding carboxylic acids is 1. The van der Waals surface area contributed by atoms with Crippen molar-refractivity contribution in [3.63, 3.8) is 0 Å². The number of H-pyrrole nitrogens is 1. The molecule has 1 fully saturated rings. The zero-order valence-electron chi connectivity index (χ0n) is 29.3. The van der Waals surface area contributed by atoms with Gasteiger partial charge in [-0.25, -0.2) is 4.79 Å². The molecular formula is C16H21N3O2. The molecule has 5 heteroatoms. The number of hydrogen-bond donors (Lipinski definition) is 2. The predicted molar refractivity (Wildman–Crippen MR) is 82.5 cm³/mol. The van der Waals surface area contributed by atoms with E-state index in [-0.39, 0.29) is 10.3 Å². The van der Waals surface area contributed by atoms with Gasteiger partial charge in [0.25, 0.3) is 0 Å². The van der Waals surface area contributed by atoms with Gasteiger partial charge in [0.15, 0.2) is 2.82 Å². The number of carbonyl (C=O) groups is 1. The standard InChI is InChI=1S/C16H21N3O2/c1-19(2)6-5-12-9-17-15-4-3-11(8-14(12)15)7-13-10-21-16(20)18-13/h3-4,8-9,13,17H,5-7,10H2,1-2H3,(H,18,20)/t13-/m0/s1/i1D3,2D3,3D,4D,5D2,6D2,7D2,8D,10D2/hD2. The molecule has 1 aromatic heterocycles. The first-order valence-corrected chi connectivity index (χ1v) is 5.61. The highest BCUT2D eigenvalue weighted by Crippen LogP contribution is 2.21. The van der Waals surface area contributed by atoms with Crippen molar-refractivity contribution in [2.45, 2.75) is 18.8 Å². The average Bonchev–Trinajstić information content (AvgIpc) is 3.16. The summed E-state index contributed by atoms with van der Waals surface area (Å²) in [5, 5.41) is -1.10. The summed E-state index contributed by atoms with van der Waals surface area (Å²) < 4.78 is 157. The Hall–Kier alpha value is -2.01. The summed E-state index contributed by atoms with van der Waals surface area (Å²) in [5.41, 5.74) is -2.94. The fraction of sp³-hybridized carbons (Fsp3) is 0.438. The van der Waals surface area contributed by atoms with E-state index < -0.39 is 96.9 Å². The molecular weight excluding hydrogens is 266 g/mol. The normalized spacial score (nSPS) is 37.6. The Morgan fingerprint density at radius 2 is 2.57 bits per heavy atom. The molecule has 0 radical (unpaired) electrons. The molecule has 0 saturated carbocycles. The maximum absolute atomic E-state index is 11.8. The molecule has 1 aromatic carbocycles. The minimum atomic E-state index is -3.92. The van der Waals surface area contributed by atoms with Crippen LogP contribution in [0.5, 0.6) is 0 Å². The number of nitrogens with zero attached hydrogens (tertiary/aromatic N) is 1. The molecule has 0 bridgehead atoms. The summed E-state index contributed by atoms with van der Waals surface area (Å²) in [6.07, 6.45) is -8.15. The van der Waals surface area contributed by atoms with Crippen LogP contribution in [-0.2, 0) is 17.5 Å². The van der Waals surface area contributed by atoms with E-state index in [2.05, 4.69) is 4.74 Å². The van der Waals surface area contributed by atoms with Crippen LogP contribution in [0.3, 0.4) is 0 Å². The number of fused-ring (bicyclic) bond motifs is 1. The Morgan fingerprint density at radius 3 is 3.33 bits per heavy atom. The van der Waals surface area contributed by atoms with Crippen LogP contribution in [0, 0.1) is 0 Å². The smallest absolute Gasteiger partial charge is 0.407 e. The third-order valence-electron chi connectivity index (χ3n) is 2.46. The Labute approximate surface area is 151 Å². The molecule has 1 aliphatic heterocycles. The summed E-state index contributed by atoms with van der Waals surface area (Å²) in [4.78, 5) is 11.4. The van der Waals surface area contributed by atoms with Crippen LogP contribution in [0.25, 0.3) is 10.9 Å². The lowest BCUT2D eigenvalue weighted by molar-refractivity contribution is 0.177. The number of aryl methyl sites for hydroxylation is 1. The van der Waals surface area contributed by atoms with Gasteiger partial charge in [0.1, 0.15) is 6.56 Å². The first-order chi connectivity index (χ1) is 17.6. The van der Waals surface area contributed by atoms with Crippen LogP contribution < -0.4 is 5.31 Å². The fourth-order valence-corrected chi connectivity index (χ4v) is 1.63. The number of hydrogen-bond acceptors (Lipinski definition) is 3. The van der Waals surface area contributed by atoms with Crippen molar-refractivity contribution < 1.29 is 35.7 Å². The number of benzene rings is 1. The molecule has 0 aliphatic carbocycles. The number of nitrogens with one attached hydrogen (secondary N) is 2. The van der Waals surface area contributed by atoms with Crippen LogP contribution in [-0.4, -0.2) is 49.0 Å². The molecule has 2 heterocycles. The van der Waals surface area contributed by atoms with Gasteiger partial charge in [-0.1, -0.05) is 6.04 Å². The van der Waals surface area contributed by atoms with E-state index in [1.807, 2.05) is 0 Å². The second-order valence-corrected chi connectivity index (χ2v) is 3.88.